The standard InChI is InChI=1S/C14H12N2O/c1-2-10-5-7-16-12-8-13(17-14(10)12)11-4-3-6-15-9-11/h3-9H,2H2,1H3. The third-order valence-electron chi connectivity index (χ3n) is 2.82. The molecule has 0 atom stereocenters. The van der Waals surface area contributed by atoms with Crippen molar-refractivity contribution in [3.05, 3.63) is 48.4 Å². The van der Waals surface area contributed by atoms with Gasteiger partial charge >= 0.3 is 0 Å². The van der Waals surface area contributed by atoms with Gasteiger partial charge in [0.1, 0.15) is 11.3 Å². The zero-order chi connectivity index (χ0) is 11.7. The summed E-state index contributed by atoms with van der Waals surface area (Å²) in [6, 6.07) is 7.84. The first-order valence-corrected chi connectivity index (χ1v) is 5.66. The smallest absolute Gasteiger partial charge is 0.156 e. The number of furan rings is 1. The number of nitrogens with zero attached hydrogens (tertiary/aromatic N) is 2. The maximum absolute atomic E-state index is 5.87. The molecule has 0 aliphatic carbocycles. The summed E-state index contributed by atoms with van der Waals surface area (Å²) in [6.07, 6.45) is 6.31. The van der Waals surface area contributed by atoms with Gasteiger partial charge in [-0.25, -0.2) is 0 Å². The van der Waals surface area contributed by atoms with Crippen molar-refractivity contribution in [3.63, 3.8) is 0 Å². The highest BCUT2D eigenvalue weighted by Crippen LogP contribution is 2.28. The average molecular weight is 224 g/mol. The van der Waals surface area contributed by atoms with Gasteiger partial charge in [0.25, 0.3) is 0 Å². The molecular formula is C14H12N2O. The van der Waals surface area contributed by atoms with Crippen LogP contribution in [0.5, 0.6) is 0 Å². The summed E-state index contributed by atoms with van der Waals surface area (Å²) in [7, 11) is 0. The fraction of sp³-hybridized carbons (Fsp3) is 0.143. The van der Waals surface area contributed by atoms with Crippen LogP contribution in [0.1, 0.15) is 12.5 Å². The summed E-state index contributed by atoms with van der Waals surface area (Å²) in [6.45, 7) is 2.11. The Balaban J connectivity index is 2.20. The number of hydrogen-bond acceptors (Lipinski definition) is 3. The normalized spacial score (nSPS) is 10.9. The van der Waals surface area contributed by atoms with Gasteiger partial charge in [-0.3, -0.25) is 9.97 Å². The molecule has 17 heavy (non-hydrogen) atoms. The van der Waals surface area contributed by atoms with Crippen molar-refractivity contribution in [2.75, 3.05) is 0 Å². The molecule has 3 rings (SSSR count). The highest BCUT2D eigenvalue weighted by molar-refractivity contribution is 5.81. The van der Waals surface area contributed by atoms with Crippen LogP contribution in [0.2, 0.25) is 0 Å². The Morgan fingerprint density at radius 3 is 2.94 bits per heavy atom. The van der Waals surface area contributed by atoms with Crippen LogP contribution in [0, 0.1) is 0 Å². The second-order valence-corrected chi connectivity index (χ2v) is 3.89. The van der Waals surface area contributed by atoms with Crippen molar-refractivity contribution in [2.45, 2.75) is 13.3 Å². The molecule has 0 radical (unpaired) electrons. The fourth-order valence-corrected chi connectivity index (χ4v) is 1.92. The monoisotopic (exact) mass is 224 g/mol. The Bertz CT molecular complexity index is 644. The molecule has 0 saturated carbocycles. The zero-order valence-electron chi connectivity index (χ0n) is 9.55. The van der Waals surface area contributed by atoms with E-state index in [4.69, 9.17) is 4.42 Å². The van der Waals surface area contributed by atoms with Crippen molar-refractivity contribution in [1.29, 1.82) is 0 Å². The molecule has 0 aliphatic rings. The molecule has 0 spiro atoms. The molecule has 3 heterocycles. The molecule has 0 unspecified atom stereocenters. The highest BCUT2D eigenvalue weighted by Gasteiger charge is 2.09. The molecule has 0 aromatic carbocycles. The Morgan fingerprint density at radius 1 is 1.24 bits per heavy atom. The molecule has 3 aromatic rings. The van der Waals surface area contributed by atoms with Crippen LogP contribution in [-0.4, -0.2) is 9.97 Å². The van der Waals surface area contributed by atoms with Crippen molar-refractivity contribution >= 4 is 11.1 Å². The van der Waals surface area contributed by atoms with E-state index in [1.54, 1.807) is 12.4 Å². The number of aryl methyl sites for hydroxylation is 1. The van der Waals surface area contributed by atoms with Crippen LogP contribution < -0.4 is 0 Å². The van der Waals surface area contributed by atoms with Gasteiger partial charge in [0, 0.05) is 30.2 Å². The molecule has 0 bridgehead atoms. The molecule has 84 valence electrons. The minimum atomic E-state index is 0.821. The van der Waals surface area contributed by atoms with Crippen molar-refractivity contribution in [1.82, 2.24) is 9.97 Å². The van der Waals surface area contributed by atoms with Crippen LogP contribution in [0.15, 0.2) is 47.3 Å². The molecule has 0 amide bonds. The van der Waals surface area contributed by atoms with Gasteiger partial charge in [-0.15, -0.1) is 0 Å². The van der Waals surface area contributed by atoms with Gasteiger partial charge in [-0.05, 0) is 30.2 Å². The molecule has 3 heteroatoms. The Kier molecular flexibility index (Phi) is 2.37. The molecular weight excluding hydrogens is 212 g/mol. The summed E-state index contributed by atoms with van der Waals surface area (Å²) in [5.41, 5.74) is 3.95. The van der Waals surface area contributed by atoms with Gasteiger partial charge in [0.15, 0.2) is 5.58 Å². The second kappa shape index (κ2) is 4.01. The van der Waals surface area contributed by atoms with Crippen LogP contribution in [-0.2, 0) is 6.42 Å². The summed E-state index contributed by atoms with van der Waals surface area (Å²) >= 11 is 0. The van der Waals surface area contributed by atoms with Crippen LogP contribution in [0.3, 0.4) is 0 Å². The summed E-state index contributed by atoms with van der Waals surface area (Å²) in [5, 5.41) is 0. The number of aromatic nitrogens is 2. The summed E-state index contributed by atoms with van der Waals surface area (Å²) < 4.78 is 5.87. The molecule has 0 fully saturated rings. The summed E-state index contributed by atoms with van der Waals surface area (Å²) in [4.78, 5) is 8.42. The zero-order valence-corrected chi connectivity index (χ0v) is 9.55. The van der Waals surface area contributed by atoms with Crippen LogP contribution >= 0.6 is 0 Å². The lowest BCUT2D eigenvalue weighted by Gasteiger charge is -1.96. The van der Waals surface area contributed by atoms with E-state index in [0.29, 0.717) is 0 Å². The van der Waals surface area contributed by atoms with Crippen molar-refractivity contribution in [3.8, 4) is 11.3 Å². The number of pyridine rings is 2. The summed E-state index contributed by atoms with van der Waals surface area (Å²) in [5.74, 6) is 0.821. The highest BCUT2D eigenvalue weighted by atomic mass is 16.3. The maximum atomic E-state index is 5.87. The van der Waals surface area contributed by atoms with E-state index in [1.165, 1.54) is 5.56 Å². The largest absolute Gasteiger partial charge is 0.454 e. The third-order valence-corrected chi connectivity index (χ3v) is 2.82. The van der Waals surface area contributed by atoms with E-state index in [-0.39, 0.29) is 0 Å². The van der Waals surface area contributed by atoms with Crippen LogP contribution in [0.4, 0.5) is 0 Å². The predicted molar refractivity (Wildman–Crippen MR) is 66.6 cm³/mol. The quantitative estimate of drug-likeness (QED) is 0.669. The first-order valence-electron chi connectivity index (χ1n) is 5.66. The predicted octanol–water partition coefficient (Wildman–Crippen LogP) is 3.45. The molecule has 0 saturated heterocycles. The molecule has 3 aromatic heterocycles. The van der Waals surface area contributed by atoms with Gasteiger partial charge in [0.2, 0.25) is 0 Å². The van der Waals surface area contributed by atoms with Gasteiger partial charge in [-0.1, -0.05) is 6.92 Å². The van der Waals surface area contributed by atoms with Crippen molar-refractivity contribution in [2.24, 2.45) is 0 Å². The Labute approximate surface area is 99.1 Å². The maximum Gasteiger partial charge on any atom is 0.156 e. The fourth-order valence-electron chi connectivity index (χ4n) is 1.92. The van der Waals surface area contributed by atoms with E-state index in [9.17, 15) is 0 Å². The lowest BCUT2D eigenvalue weighted by atomic mass is 10.2. The minimum absolute atomic E-state index is 0.821. The number of hydrogen-bond donors (Lipinski definition) is 0. The van der Waals surface area contributed by atoms with Gasteiger partial charge in [-0.2, -0.15) is 0 Å². The van der Waals surface area contributed by atoms with Gasteiger partial charge in [0.05, 0.1) is 0 Å². The SMILES string of the molecule is CCc1ccnc2cc(-c3cccnc3)oc12. The first kappa shape index (κ1) is 10.0. The molecule has 0 N–H and O–H groups in total. The van der Waals surface area contributed by atoms with Gasteiger partial charge < -0.3 is 4.42 Å². The third kappa shape index (κ3) is 1.69. The Hall–Kier alpha value is -2.16. The number of fused-ring (bicyclic) bond motifs is 1. The number of rotatable bonds is 2. The van der Waals surface area contributed by atoms with E-state index in [1.807, 2.05) is 30.5 Å². The van der Waals surface area contributed by atoms with Crippen molar-refractivity contribution < 1.29 is 4.42 Å². The average Bonchev–Trinajstić information content (AvgIpc) is 2.83. The molecule has 0 aliphatic heterocycles. The second-order valence-electron chi connectivity index (χ2n) is 3.89. The Morgan fingerprint density at radius 2 is 2.18 bits per heavy atom. The first-order chi connectivity index (χ1) is 8.38. The lowest BCUT2D eigenvalue weighted by Crippen LogP contribution is -1.81. The topological polar surface area (TPSA) is 38.9 Å². The van der Waals surface area contributed by atoms with E-state index in [2.05, 4.69) is 16.9 Å². The minimum Gasteiger partial charge on any atom is -0.454 e. The van der Waals surface area contributed by atoms with E-state index in [0.717, 1.165) is 28.8 Å². The van der Waals surface area contributed by atoms with E-state index >= 15 is 0 Å². The molecule has 3 nitrogen and oxygen atoms in total. The van der Waals surface area contributed by atoms with Crippen LogP contribution in [0.25, 0.3) is 22.4 Å². The van der Waals surface area contributed by atoms with E-state index < -0.39 is 0 Å². The lowest BCUT2D eigenvalue weighted by molar-refractivity contribution is 0.626.